The minimum absolute atomic E-state index is 0.146. The molecule has 2 heterocycles. The van der Waals surface area contributed by atoms with Crippen molar-refractivity contribution in [3.05, 3.63) is 129 Å². The second kappa shape index (κ2) is 8.16. The Morgan fingerprint density at radius 3 is 2.32 bits per heavy atom. The predicted molar refractivity (Wildman–Crippen MR) is 150 cm³/mol. The first-order valence-electron chi connectivity index (χ1n) is 12.0. The van der Waals surface area contributed by atoms with E-state index < -0.39 is 0 Å². The van der Waals surface area contributed by atoms with Crippen molar-refractivity contribution in [2.45, 2.75) is 6.42 Å². The third-order valence-corrected chi connectivity index (χ3v) is 7.42. The summed E-state index contributed by atoms with van der Waals surface area (Å²) in [6.45, 7) is 0. The summed E-state index contributed by atoms with van der Waals surface area (Å²) in [5.74, 6) is 0. The minimum Gasteiger partial charge on any atom is -0.268 e. The Morgan fingerprint density at radius 1 is 0.838 bits per heavy atom. The molecule has 0 aliphatic carbocycles. The molecule has 174 valence electrons. The third-order valence-electron chi connectivity index (χ3n) is 7.11. The van der Waals surface area contributed by atoms with Crippen molar-refractivity contribution in [2.75, 3.05) is 0 Å². The fourth-order valence-electron chi connectivity index (χ4n) is 5.42. The van der Waals surface area contributed by atoms with Crippen molar-refractivity contribution < 1.29 is 0 Å². The maximum Gasteiger partial charge on any atom is 0.264 e. The van der Waals surface area contributed by atoms with E-state index >= 15 is 0 Å². The summed E-state index contributed by atoms with van der Waals surface area (Å²) >= 11 is 6.75. The van der Waals surface area contributed by atoms with Crippen LogP contribution in [0.15, 0.2) is 102 Å². The van der Waals surface area contributed by atoms with E-state index in [1.54, 1.807) is 10.5 Å². The van der Waals surface area contributed by atoms with Crippen LogP contribution in [-0.4, -0.2) is 9.38 Å². The molecule has 0 aliphatic rings. The van der Waals surface area contributed by atoms with Gasteiger partial charge < -0.3 is 0 Å². The van der Waals surface area contributed by atoms with E-state index in [-0.39, 0.29) is 5.56 Å². The minimum atomic E-state index is -0.146. The highest BCUT2D eigenvalue weighted by molar-refractivity contribution is 6.39. The molecule has 4 nitrogen and oxygen atoms in total. The molecule has 5 heteroatoms. The first kappa shape index (κ1) is 21.6. The lowest BCUT2D eigenvalue weighted by molar-refractivity contribution is 1.16. The van der Waals surface area contributed by atoms with Gasteiger partial charge in [-0.15, -0.1) is 0 Å². The molecule has 0 spiro atoms. The highest BCUT2D eigenvalue weighted by Crippen LogP contribution is 2.40. The van der Waals surface area contributed by atoms with Crippen LogP contribution < -0.4 is 5.56 Å². The molecule has 0 fully saturated rings. The zero-order valence-corrected chi connectivity index (χ0v) is 20.3. The van der Waals surface area contributed by atoms with Crippen LogP contribution in [0.1, 0.15) is 16.7 Å². The Bertz CT molecular complexity index is 2090. The quantitative estimate of drug-likeness (QED) is 0.257. The SMILES string of the molecule is N#Cc1cc2nc3c4ccc(Cl)c5c(-c6ccccc6)ccc(c(=O)n3c2cc1Cc1ccccc1)c54. The molecular formula is C32H18ClN3O. The summed E-state index contributed by atoms with van der Waals surface area (Å²) in [6.07, 6.45) is 0.594. The number of hydrogen-bond donors (Lipinski definition) is 0. The monoisotopic (exact) mass is 495 g/mol. The summed E-state index contributed by atoms with van der Waals surface area (Å²) in [6, 6.07) is 33.7. The van der Waals surface area contributed by atoms with Crippen molar-refractivity contribution in [3.63, 3.8) is 0 Å². The zero-order valence-electron chi connectivity index (χ0n) is 19.6. The highest BCUT2D eigenvalue weighted by Gasteiger charge is 2.20. The summed E-state index contributed by atoms with van der Waals surface area (Å²) < 4.78 is 1.68. The molecule has 0 N–H and O–H groups in total. The maximum atomic E-state index is 14.0. The van der Waals surface area contributed by atoms with Crippen LogP contribution in [0.5, 0.6) is 0 Å². The van der Waals surface area contributed by atoms with Gasteiger partial charge in [0.2, 0.25) is 0 Å². The maximum absolute atomic E-state index is 14.0. The second-order valence-electron chi connectivity index (χ2n) is 9.22. The van der Waals surface area contributed by atoms with Crippen LogP contribution in [-0.2, 0) is 6.42 Å². The molecule has 0 saturated heterocycles. The lowest BCUT2D eigenvalue weighted by Crippen LogP contribution is -2.13. The second-order valence-corrected chi connectivity index (χ2v) is 9.63. The number of rotatable bonds is 3. The first-order valence-corrected chi connectivity index (χ1v) is 12.4. The van der Waals surface area contributed by atoms with E-state index in [9.17, 15) is 10.1 Å². The first-order chi connectivity index (χ1) is 18.1. The molecule has 0 saturated carbocycles. The summed E-state index contributed by atoms with van der Waals surface area (Å²) in [5.41, 5.74) is 6.27. The molecule has 7 rings (SSSR count). The number of aromatic nitrogens is 2. The topological polar surface area (TPSA) is 58.2 Å². The molecule has 0 bridgehead atoms. The van der Waals surface area contributed by atoms with Crippen LogP contribution in [0.25, 0.3) is 49.4 Å². The number of imidazole rings is 1. The molecule has 0 atom stereocenters. The Morgan fingerprint density at radius 2 is 1.57 bits per heavy atom. The van der Waals surface area contributed by atoms with Gasteiger partial charge in [-0.2, -0.15) is 5.26 Å². The van der Waals surface area contributed by atoms with Crippen molar-refractivity contribution in [1.82, 2.24) is 9.38 Å². The highest BCUT2D eigenvalue weighted by atomic mass is 35.5. The summed E-state index contributed by atoms with van der Waals surface area (Å²) in [5, 5.41) is 13.6. The van der Waals surface area contributed by atoms with E-state index in [1.165, 1.54) is 0 Å². The number of halogens is 1. The standard InChI is InChI=1S/C32H18ClN3O/c33-26-14-13-24-29-25(12-11-23(30(26)29)20-9-5-2-6-10-20)32(37)36-28-17-21(15-19-7-3-1-4-8-19)22(18-34)16-27(28)35-31(24)36/h1-14,16-17H,15H2. The van der Waals surface area contributed by atoms with Gasteiger partial charge in [0.1, 0.15) is 5.65 Å². The zero-order chi connectivity index (χ0) is 25.1. The van der Waals surface area contributed by atoms with E-state index in [4.69, 9.17) is 16.6 Å². The van der Waals surface area contributed by atoms with Gasteiger partial charge in [0.15, 0.2) is 0 Å². The number of benzene rings is 5. The fourth-order valence-corrected chi connectivity index (χ4v) is 5.68. The van der Waals surface area contributed by atoms with Crippen molar-refractivity contribution in [3.8, 4) is 17.2 Å². The van der Waals surface area contributed by atoms with E-state index in [0.717, 1.165) is 38.4 Å². The van der Waals surface area contributed by atoms with Crippen molar-refractivity contribution >= 4 is 49.8 Å². The Hall–Kier alpha value is -4.72. The van der Waals surface area contributed by atoms with Crippen LogP contribution in [0, 0.1) is 11.3 Å². The molecule has 0 aliphatic heterocycles. The molecule has 2 aromatic heterocycles. The van der Waals surface area contributed by atoms with Crippen LogP contribution >= 0.6 is 11.6 Å². The molecule has 0 amide bonds. The molecule has 7 aromatic rings. The lowest BCUT2D eigenvalue weighted by atomic mass is 9.94. The molecule has 37 heavy (non-hydrogen) atoms. The Labute approximate surface area is 217 Å². The third kappa shape index (κ3) is 3.22. The van der Waals surface area contributed by atoms with Gasteiger partial charge in [-0.3, -0.25) is 9.20 Å². The normalized spacial score (nSPS) is 11.6. The van der Waals surface area contributed by atoms with E-state index in [1.807, 2.05) is 91.0 Å². The summed E-state index contributed by atoms with van der Waals surface area (Å²) in [4.78, 5) is 18.8. The number of fused-ring (bicyclic) bond motifs is 4. The van der Waals surface area contributed by atoms with Gasteiger partial charge in [-0.25, -0.2) is 4.98 Å². The smallest absolute Gasteiger partial charge is 0.264 e. The number of hydrogen-bond acceptors (Lipinski definition) is 3. The Kier molecular flexibility index (Phi) is 4.75. The number of nitriles is 1. The van der Waals surface area contributed by atoms with Gasteiger partial charge in [-0.05, 0) is 59.0 Å². The van der Waals surface area contributed by atoms with Gasteiger partial charge in [-0.1, -0.05) is 78.3 Å². The van der Waals surface area contributed by atoms with E-state index in [2.05, 4.69) is 6.07 Å². The average molecular weight is 496 g/mol. The molecule has 0 unspecified atom stereocenters. The number of nitrogens with zero attached hydrogens (tertiary/aromatic N) is 3. The fraction of sp³-hybridized carbons (Fsp3) is 0.0312. The molecule has 0 radical (unpaired) electrons. The van der Waals surface area contributed by atoms with Gasteiger partial charge in [0.05, 0.1) is 22.7 Å². The molecule has 5 aromatic carbocycles. The largest absolute Gasteiger partial charge is 0.268 e. The van der Waals surface area contributed by atoms with Gasteiger partial charge in [0, 0.05) is 26.6 Å². The molecular weight excluding hydrogens is 478 g/mol. The van der Waals surface area contributed by atoms with Gasteiger partial charge in [0.25, 0.3) is 5.56 Å². The number of pyridine rings is 1. The van der Waals surface area contributed by atoms with E-state index in [0.29, 0.717) is 39.1 Å². The average Bonchev–Trinajstić information content (AvgIpc) is 3.31. The van der Waals surface area contributed by atoms with Crippen molar-refractivity contribution in [1.29, 1.82) is 5.26 Å². The summed E-state index contributed by atoms with van der Waals surface area (Å²) in [7, 11) is 0. The Balaban J connectivity index is 1.58. The lowest BCUT2D eigenvalue weighted by Gasteiger charge is -2.13. The van der Waals surface area contributed by atoms with Crippen LogP contribution in [0.4, 0.5) is 0 Å². The van der Waals surface area contributed by atoms with Gasteiger partial charge >= 0.3 is 0 Å². The predicted octanol–water partition coefficient (Wildman–Crippen LogP) is 7.37. The van der Waals surface area contributed by atoms with Crippen molar-refractivity contribution in [2.24, 2.45) is 0 Å². The van der Waals surface area contributed by atoms with Crippen LogP contribution in [0.3, 0.4) is 0 Å². The van der Waals surface area contributed by atoms with Crippen LogP contribution in [0.2, 0.25) is 5.02 Å².